The molecule has 0 bridgehead atoms. The quantitative estimate of drug-likeness (QED) is 0.670. The van der Waals surface area contributed by atoms with E-state index in [-0.39, 0.29) is 0 Å². The molecule has 136 valence electrons. The van der Waals surface area contributed by atoms with E-state index in [1.165, 1.54) is 4.31 Å². The molecule has 0 atom stereocenters. The summed E-state index contributed by atoms with van der Waals surface area (Å²) in [5.41, 5.74) is 2.98. The van der Waals surface area contributed by atoms with Crippen LogP contribution in [0.3, 0.4) is 0 Å². The van der Waals surface area contributed by atoms with Crippen LogP contribution in [0.2, 0.25) is 0 Å². The van der Waals surface area contributed by atoms with Gasteiger partial charge in [-0.2, -0.15) is 0 Å². The van der Waals surface area contributed by atoms with Gasteiger partial charge in [-0.05, 0) is 41.6 Å². The number of rotatable bonds is 5. The minimum Gasteiger partial charge on any atom is -0.443 e. The average molecular weight is 390 g/mol. The topological polar surface area (TPSA) is 66.7 Å². The van der Waals surface area contributed by atoms with Crippen LogP contribution in [0.1, 0.15) is 11.3 Å². The minimum atomic E-state index is -3.41. The van der Waals surface area contributed by atoms with Crippen LogP contribution in [0.5, 0.6) is 0 Å². The Morgan fingerprint density at radius 3 is 2.88 bits per heavy atom. The van der Waals surface area contributed by atoms with Crippen LogP contribution in [0.15, 0.2) is 51.3 Å². The summed E-state index contributed by atoms with van der Waals surface area (Å²) in [6, 6.07) is 9.30. The van der Waals surface area contributed by atoms with Gasteiger partial charge in [0, 0.05) is 26.3 Å². The van der Waals surface area contributed by atoms with Crippen molar-refractivity contribution in [1.82, 2.24) is 9.29 Å². The molecular formula is C18H19N3O3S2. The molecule has 0 spiro atoms. The summed E-state index contributed by atoms with van der Waals surface area (Å²) in [5.74, 6) is 0.641. The fraction of sp³-hybridized carbons (Fsp3) is 0.278. The zero-order valence-corrected chi connectivity index (χ0v) is 16.2. The van der Waals surface area contributed by atoms with Crippen molar-refractivity contribution in [3.8, 4) is 10.8 Å². The Labute approximate surface area is 156 Å². The number of thiophene rings is 1. The number of hydrogen-bond donors (Lipinski definition) is 0. The molecule has 3 aromatic rings. The monoisotopic (exact) mass is 389 g/mol. The van der Waals surface area contributed by atoms with Gasteiger partial charge in [0.25, 0.3) is 0 Å². The molecule has 0 unspecified atom stereocenters. The van der Waals surface area contributed by atoms with Crippen LogP contribution in [0.25, 0.3) is 10.8 Å². The molecule has 1 aliphatic rings. The Morgan fingerprint density at radius 2 is 2.15 bits per heavy atom. The molecular weight excluding hydrogens is 370 g/mol. The summed E-state index contributed by atoms with van der Waals surface area (Å²) < 4.78 is 31.4. The molecule has 0 radical (unpaired) electrons. The third-order valence-corrected chi connectivity index (χ3v) is 7.13. The molecule has 2 aromatic heterocycles. The minimum absolute atomic E-state index is 0.338. The number of hydrogen-bond acceptors (Lipinski definition) is 6. The zero-order chi connectivity index (χ0) is 18.3. The van der Waals surface area contributed by atoms with Crippen molar-refractivity contribution in [2.24, 2.45) is 0 Å². The second-order valence-corrected chi connectivity index (χ2v) is 9.47. The maximum Gasteiger partial charge on any atom is 0.242 e. The SMILES string of the molecule is CN(C)S(=O)(=O)c1ccc2c(c1)CCN2Cc1coc(-c2cccs2)n1. The molecule has 0 amide bonds. The third kappa shape index (κ3) is 3.04. The second kappa shape index (κ2) is 6.53. The number of fused-ring (bicyclic) bond motifs is 1. The van der Waals surface area contributed by atoms with E-state index >= 15 is 0 Å². The van der Waals surface area contributed by atoms with Crippen molar-refractivity contribution in [3.63, 3.8) is 0 Å². The lowest BCUT2D eigenvalue weighted by molar-refractivity contribution is 0.520. The molecule has 1 aromatic carbocycles. The number of nitrogens with zero attached hydrogens (tertiary/aromatic N) is 3. The van der Waals surface area contributed by atoms with E-state index in [2.05, 4.69) is 9.88 Å². The lowest BCUT2D eigenvalue weighted by atomic mass is 10.2. The van der Waals surface area contributed by atoms with Crippen LogP contribution < -0.4 is 4.90 Å². The van der Waals surface area contributed by atoms with E-state index in [1.807, 2.05) is 23.6 Å². The number of sulfonamides is 1. The summed E-state index contributed by atoms with van der Waals surface area (Å²) >= 11 is 1.60. The van der Waals surface area contributed by atoms with E-state index in [0.717, 1.165) is 34.8 Å². The van der Waals surface area contributed by atoms with E-state index in [9.17, 15) is 8.42 Å². The highest BCUT2D eigenvalue weighted by atomic mass is 32.2. The van der Waals surface area contributed by atoms with Crippen molar-refractivity contribution in [1.29, 1.82) is 0 Å². The van der Waals surface area contributed by atoms with Gasteiger partial charge in [-0.1, -0.05) is 6.07 Å². The van der Waals surface area contributed by atoms with Crippen LogP contribution >= 0.6 is 11.3 Å². The molecule has 4 rings (SSSR count). The maximum atomic E-state index is 12.3. The molecule has 0 saturated heterocycles. The Hall–Kier alpha value is -2.16. The predicted molar refractivity (Wildman–Crippen MR) is 102 cm³/mol. The summed E-state index contributed by atoms with van der Waals surface area (Å²) in [7, 11) is -0.315. The normalized spacial score (nSPS) is 14.2. The van der Waals surface area contributed by atoms with Crippen molar-refractivity contribution in [3.05, 3.63) is 53.2 Å². The van der Waals surface area contributed by atoms with E-state index < -0.39 is 10.0 Å². The van der Waals surface area contributed by atoms with Gasteiger partial charge in [0.1, 0.15) is 6.26 Å². The molecule has 8 heteroatoms. The largest absolute Gasteiger partial charge is 0.443 e. The van der Waals surface area contributed by atoms with Crippen molar-refractivity contribution in [2.45, 2.75) is 17.9 Å². The highest BCUT2D eigenvalue weighted by Gasteiger charge is 2.24. The van der Waals surface area contributed by atoms with Gasteiger partial charge in [0.2, 0.25) is 15.9 Å². The van der Waals surface area contributed by atoms with Gasteiger partial charge >= 0.3 is 0 Å². The number of aromatic nitrogens is 1. The Balaban J connectivity index is 1.55. The van der Waals surface area contributed by atoms with Gasteiger partial charge in [0.05, 0.1) is 22.0 Å². The fourth-order valence-electron chi connectivity index (χ4n) is 3.07. The molecule has 0 saturated carbocycles. The van der Waals surface area contributed by atoms with Crippen LogP contribution in [0.4, 0.5) is 5.69 Å². The first-order valence-corrected chi connectivity index (χ1v) is 10.6. The van der Waals surface area contributed by atoms with Crippen molar-refractivity contribution >= 4 is 27.0 Å². The highest BCUT2D eigenvalue weighted by molar-refractivity contribution is 7.89. The van der Waals surface area contributed by atoms with Gasteiger partial charge in [-0.3, -0.25) is 0 Å². The second-order valence-electron chi connectivity index (χ2n) is 6.37. The number of anilines is 1. The molecule has 3 heterocycles. The summed E-state index contributed by atoms with van der Waals surface area (Å²) in [6.07, 6.45) is 2.51. The van der Waals surface area contributed by atoms with Crippen LogP contribution in [-0.2, 0) is 23.0 Å². The molecule has 1 aliphatic heterocycles. The number of benzene rings is 1. The predicted octanol–water partition coefficient (Wildman–Crippen LogP) is 3.22. The lowest BCUT2D eigenvalue weighted by Gasteiger charge is -2.18. The summed E-state index contributed by atoms with van der Waals surface area (Å²) in [5, 5.41) is 2.00. The third-order valence-electron chi connectivity index (χ3n) is 4.46. The highest BCUT2D eigenvalue weighted by Crippen LogP contribution is 2.32. The smallest absolute Gasteiger partial charge is 0.242 e. The molecule has 26 heavy (non-hydrogen) atoms. The van der Waals surface area contributed by atoms with Crippen molar-refractivity contribution in [2.75, 3.05) is 25.5 Å². The van der Waals surface area contributed by atoms with Gasteiger partial charge in [-0.25, -0.2) is 17.7 Å². The Bertz CT molecular complexity index is 1020. The number of oxazole rings is 1. The molecule has 0 fully saturated rings. The van der Waals surface area contributed by atoms with Gasteiger partial charge in [-0.15, -0.1) is 11.3 Å². The Kier molecular flexibility index (Phi) is 4.34. The molecule has 0 aliphatic carbocycles. The molecule has 6 nitrogen and oxygen atoms in total. The first-order valence-electron chi connectivity index (χ1n) is 8.24. The standard InChI is InChI=1S/C18H19N3O3S2/c1-20(2)26(22,23)15-5-6-16-13(10-15)7-8-21(16)11-14-12-24-18(19-14)17-4-3-9-25-17/h3-6,9-10,12H,7-8,11H2,1-2H3. The first kappa shape index (κ1) is 17.3. The van der Waals surface area contributed by atoms with Gasteiger partial charge < -0.3 is 9.32 Å². The maximum absolute atomic E-state index is 12.3. The van der Waals surface area contributed by atoms with E-state index in [1.54, 1.807) is 43.8 Å². The average Bonchev–Trinajstić information content (AvgIpc) is 3.35. The lowest BCUT2D eigenvalue weighted by Crippen LogP contribution is -2.22. The van der Waals surface area contributed by atoms with Gasteiger partial charge in [0.15, 0.2) is 0 Å². The van der Waals surface area contributed by atoms with E-state index in [0.29, 0.717) is 17.3 Å². The zero-order valence-electron chi connectivity index (χ0n) is 14.5. The summed E-state index contributed by atoms with van der Waals surface area (Å²) in [4.78, 5) is 8.12. The summed E-state index contributed by atoms with van der Waals surface area (Å²) in [6.45, 7) is 1.48. The molecule has 0 N–H and O–H groups in total. The Morgan fingerprint density at radius 1 is 1.31 bits per heavy atom. The van der Waals surface area contributed by atoms with E-state index in [4.69, 9.17) is 4.42 Å². The fourth-order valence-corrected chi connectivity index (χ4v) is 4.68. The first-order chi connectivity index (χ1) is 12.4. The van der Waals surface area contributed by atoms with Crippen LogP contribution in [-0.4, -0.2) is 38.3 Å². The van der Waals surface area contributed by atoms with Crippen molar-refractivity contribution < 1.29 is 12.8 Å². The van der Waals surface area contributed by atoms with Crippen LogP contribution in [0, 0.1) is 0 Å².